The van der Waals surface area contributed by atoms with Gasteiger partial charge >= 0.3 is 5.97 Å². The van der Waals surface area contributed by atoms with Gasteiger partial charge in [0.15, 0.2) is 0 Å². The number of carbonyl (C=O) groups is 1. The standard InChI is InChI=1S/C32H35NO3S/c34-32(35)28-20-27-31(37-28)29(23-12-6-2-7-13-23)30(33(27)25-14-8-3-9-15-25)24-16-18-26(19-17-24)36-21-22-10-4-1-5-11-22/h1,4-5,10-11,16-20,23,25H,2-3,6-9,12-15,21H2,(H,34,35). The maximum atomic E-state index is 12.0. The van der Waals surface area contributed by atoms with Crippen molar-refractivity contribution in [3.05, 3.63) is 76.7 Å². The molecule has 2 fully saturated rings. The molecule has 2 aromatic carbocycles. The summed E-state index contributed by atoms with van der Waals surface area (Å²) in [6.07, 6.45) is 12.3. The first-order valence-corrected chi connectivity index (χ1v) is 14.7. The van der Waals surface area contributed by atoms with Crippen LogP contribution < -0.4 is 4.74 Å². The Hall–Kier alpha value is -3.05. The SMILES string of the molecule is O=C(O)c1cc2c(s1)c(C1CCCCC1)c(-c1ccc(OCc3ccccc3)cc1)n2C1CCCCC1. The van der Waals surface area contributed by atoms with Crippen LogP contribution in [0.1, 0.15) is 97.0 Å². The summed E-state index contributed by atoms with van der Waals surface area (Å²) in [4.78, 5) is 12.4. The molecule has 192 valence electrons. The van der Waals surface area contributed by atoms with Gasteiger partial charge in [-0.3, -0.25) is 0 Å². The number of fused-ring (bicyclic) bond motifs is 1. The lowest BCUT2D eigenvalue weighted by Gasteiger charge is -2.28. The Morgan fingerprint density at radius 2 is 1.57 bits per heavy atom. The number of aromatic carboxylic acids is 1. The number of benzene rings is 2. The van der Waals surface area contributed by atoms with Crippen molar-refractivity contribution in [3.63, 3.8) is 0 Å². The summed E-state index contributed by atoms with van der Waals surface area (Å²) in [7, 11) is 0. The van der Waals surface area contributed by atoms with Crippen LogP contribution in [0, 0.1) is 0 Å². The number of carboxylic acid groups (broad SMARTS) is 1. The van der Waals surface area contributed by atoms with Crippen LogP contribution in [0.5, 0.6) is 5.75 Å². The fourth-order valence-corrected chi connectivity index (χ4v) is 7.56. The molecule has 6 rings (SSSR count). The third kappa shape index (κ3) is 4.94. The van der Waals surface area contributed by atoms with E-state index in [2.05, 4.69) is 41.0 Å². The first kappa shape index (κ1) is 24.3. The number of nitrogens with zero attached hydrogens (tertiary/aromatic N) is 1. The van der Waals surface area contributed by atoms with Crippen molar-refractivity contribution in [3.8, 4) is 17.0 Å². The van der Waals surface area contributed by atoms with Crippen LogP contribution in [-0.4, -0.2) is 15.6 Å². The average Bonchev–Trinajstić information content (AvgIpc) is 3.51. The summed E-state index contributed by atoms with van der Waals surface area (Å²) in [5.74, 6) is 0.551. The molecule has 0 amide bonds. The molecule has 37 heavy (non-hydrogen) atoms. The van der Waals surface area contributed by atoms with Crippen LogP contribution in [0.3, 0.4) is 0 Å². The lowest BCUT2D eigenvalue weighted by molar-refractivity contribution is 0.0702. The Labute approximate surface area is 222 Å². The van der Waals surface area contributed by atoms with E-state index in [-0.39, 0.29) is 0 Å². The number of thiophene rings is 1. The number of carboxylic acids is 1. The minimum absolute atomic E-state index is 0.425. The van der Waals surface area contributed by atoms with Gasteiger partial charge in [-0.15, -0.1) is 11.3 Å². The molecule has 0 aliphatic heterocycles. The third-order valence-electron chi connectivity index (χ3n) is 8.25. The van der Waals surface area contributed by atoms with E-state index in [1.165, 1.54) is 84.2 Å². The third-order valence-corrected chi connectivity index (χ3v) is 9.40. The molecule has 2 heterocycles. The maximum Gasteiger partial charge on any atom is 0.345 e. The van der Waals surface area contributed by atoms with Crippen molar-refractivity contribution in [2.45, 2.75) is 82.8 Å². The molecule has 0 bridgehead atoms. The molecular formula is C32H35NO3S. The second-order valence-electron chi connectivity index (χ2n) is 10.7. The van der Waals surface area contributed by atoms with Gasteiger partial charge in [0, 0.05) is 6.04 Å². The molecule has 5 heteroatoms. The van der Waals surface area contributed by atoms with E-state index in [9.17, 15) is 9.90 Å². The van der Waals surface area contributed by atoms with Gasteiger partial charge < -0.3 is 14.4 Å². The Bertz CT molecular complexity index is 1300. The van der Waals surface area contributed by atoms with Crippen molar-refractivity contribution in [1.82, 2.24) is 4.57 Å². The Kier molecular flexibility index (Phi) is 7.06. The minimum atomic E-state index is -0.813. The molecule has 0 radical (unpaired) electrons. The predicted molar refractivity (Wildman–Crippen MR) is 151 cm³/mol. The van der Waals surface area contributed by atoms with Crippen molar-refractivity contribution in [1.29, 1.82) is 0 Å². The fourth-order valence-electron chi connectivity index (χ4n) is 6.45. The second-order valence-corrected chi connectivity index (χ2v) is 11.7. The highest BCUT2D eigenvalue weighted by Crippen LogP contribution is 2.49. The van der Waals surface area contributed by atoms with Crippen LogP contribution in [0.2, 0.25) is 0 Å². The van der Waals surface area contributed by atoms with Crippen molar-refractivity contribution in [2.24, 2.45) is 0 Å². The van der Waals surface area contributed by atoms with Crippen LogP contribution in [0.4, 0.5) is 0 Å². The quantitative estimate of drug-likeness (QED) is 0.268. The van der Waals surface area contributed by atoms with Crippen LogP contribution in [-0.2, 0) is 6.61 Å². The summed E-state index contributed by atoms with van der Waals surface area (Å²) in [6, 6.07) is 21.2. The van der Waals surface area contributed by atoms with E-state index in [0.717, 1.165) is 29.7 Å². The van der Waals surface area contributed by atoms with Gasteiger partial charge in [-0.05, 0) is 78.6 Å². The van der Waals surface area contributed by atoms with Crippen LogP contribution >= 0.6 is 11.3 Å². The van der Waals surface area contributed by atoms with E-state index in [1.54, 1.807) is 0 Å². The largest absolute Gasteiger partial charge is 0.489 e. The van der Waals surface area contributed by atoms with E-state index in [4.69, 9.17) is 4.74 Å². The summed E-state index contributed by atoms with van der Waals surface area (Å²) < 4.78 is 9.84. The predicted octanol–water partition coefficient (Wildman–Crippen LogP) is 9.20. The lowest BCUT2D eigenvalue weighted by Crippen LogP contribution is -2.15. The highest BCUT2D eigenvalue weighted by Gasteiger charge is 2.31. The molecule has 4 nitrogen and oxygen atoms in total. The van der Waals surface area contributed by atoms with Gasteiger partial charge in [-0.1, -0.05) is 68.9 Å². The lowest BCUT2D eigenvalue weighted by atomic mass is 9.83. The number of rotatable bonds is 7. The summed E-state index contributed by atoms with van der Waals surface area (Å²) >= 11 is 1.48. The molecule has 1 N–H and O–H groups in total. The second kappa shape index (κ2) is 10.7. The zero-order valence-corrected chi connectivity index (χ0v) is 22.1. The highest BCUT2D eigenvalue weighted by molar-refractivity contribution is 7.21. The monoisotopic (exact) mass is 513 g/mol. The van der Waals surface area contributed by atoms with Crippen molar-refractivity contribution < 1.29 is 14.6 Å². The Balaban J connectivity index is 1.44. The number of hydrogen-bond acceptors (Lipinski definition) is 3. The molecule has 0 saturated heterocycles. The van der Waals surface area contributed by atoms with Gasteiger partial charge in [0.2, 0.25) is 0 Å². The average molecular weight is 514 g/mol. The molecule has 0 atom stereocenters. The number of hydrogen-bond donors (Lipinski definition) is 1. The Morgan fingerprint density at radius 1 is 0.892 bits per heavy atom. The maximum absolute atomic E-state index is 12.0. The summed E-state index contributed by atoms with van der Waals surface area (Å²) in [5.41, 5.74) is 6.24. The van der Waals surface area contributed by atoms with Gasteiger partial charge in [0.05, 0.1) is 15.9 Å². The van der Waals surface area contributed by atoms with Crippen LogP contribution in [0.25, 0.3) is 21.5 Å². The molecule has 2 aromatic heterocycles. The zero-order chi connectivity index (χ0) is 25.2. The Morgan fingerprint density at radius 3 is 2.24 bits per heavy atom. The van der Waals surface area contributed by atoms with Crippen molar-refractivity contribution in [2.75, 3.05) is 0 Å². The number of aromatic nitrogens is 1. The minimum Gasteiger partial charge on any atom is -0.489 e. The molecule has 0 spiro atoms. The smallest absolute Gasteiger partial charge is 0.345 e. The topological polar surface area (TPSA) is 51.5 Å². The molecule has 2 aliphatic carbocycles. The van der Waals surface area contributed by atoms with E-state index >= 15 is 0 Å². The molecule has 2 saturated carbocycles. The van der Waals surface area contributed by atoms with Crippen LogP contribution in [0.15, 0.2) is 60.7 Å². The fraction of sp³-hybridized carbons (Fsp3) is 0.406. The number of ether oxygens (including phenoxy) is 1. The summed E-state index contributed by atoms with van der Waals surface area (Å²) in [6.45, 7) is 0.555. The van der Waals surface area contributed by atoms with E-state index in [0.29, 0.717) is 23.4 Å². The molecule has 2 aliphatic rings. The van der Waals surface area contributed by atoms with E-state index < -0.39 is 5.97 Å². The van der Waals surface area contributed by atoms with E-state index in [1.807, 2.05) is 24.3 Å². The molecule has 0 unspecified atom stereocenters. The first-order valence-electron chi connectivity index (χ1n) is 13.9. The zero-order valence-electron chi connectivity index (χ0n) is 21.3. The first-order chi connectivity index (χ1) is 18.2. The summed E-state index contributed by atoms with van der Waals surface area (Å²) in [5, 5.41) is 9.84. The molecule has 4 aromatic rings. The normalized spacial score (nSPS) is 17.3. The van der Waals surface area contributed by atoms with Gasteiger partial charge in [0.1, 0.15) is 17.2 Å². The highest BCUT2D eigenvalue weighted by atomic mass is 32.1. The van der Waals surface area contributed by atoms with Gasteiger partial charge in [-0.25, -0.2) is 4.79 Å². The van der Waals surface area contributed by atoms with Gasteiger partial charge in [0.25, 0.3) is 0 Å². The van der Waals surface area contributed by atoms with Crippen molar-refractivity contribution >= 4 is 27.5 Å². The molecular weight excluding hydrogens is 478 g/mol. The van der Waals surface area contributed by atoms with Gasteiger partial charge in [-0.2, -0.15) is 0 Å².